The summed E-state index contributed by atoms with van der Waals surface area (Å²) in [5.41, 5.74) is 1.99. The van der Waals surface area contributed by atoms with Gasteiger partial charge in [0.25, 0.3) is 5.56 Å². The zero-order chi connectivity index (χ0) is 13.8. The largest absolute Gasteiger partial charge is 0.481 e. The van der Waals surface area contributed by atoms with Crippen LogP contribution in [-0.4, -0.2) is 21.0 Å². The normalized spacial score (nSPS) is 10.4. The Morgan fingerprint density at radius 3 is 2.74 bits per heavy atom. The highest BCUT2D eigenvalue weighted by Gasteiger charge is 2.08. The number of H-pyrrole nitrogens is 1. The lowest BCUT2D eigenvalue weighted by Crippen LogP contribution is -2.16. The van der Waals surface area contributed by atoms with Gasteiger partial charge in [0.05, 0.1) is 0 Å². The molecule has 0 radical (unpaired) electrons. The van der Waals surface area contributed by atoms with E-state index in [1.54, 1.807) is 0 Å². The van der Waals surface area contributed by atoms with Crippen molar-refractivity contribution in [3.63, 3.8) is 0 Å². The molecule has 2 aromatic rings. The second kappa shape index (κ2) is 5.48. The summed E-state index contributed by atoms with van der Waals surface area (Å²) in [6.07, 6.45) is 1.56. The SMILES string of the molecule is Cc1ccccc1-c1ncc(CCC(=O)O)c(=O)[nH]1. The van der Waals surface area contributed by atoms with Crippen molar-refractivity contribution >= 4 is 5.97 Å². The van der Waals surface area contributed by atoms with E-state index in [1.807, 2.05) is 31.2 Å². The lowest BCUT2D eigenvalue weighted by molar-refractivity contribution is -0.136. The first-order valence-corrected chi connectivity index (χ1v) is 5.94. The van der Waals surface area contributed by atoms with Gasteiger partial charge in [-0.25, -0.2) is 4.98 Å². The van der Waals surface area contributed by atoms with E-state index in [9.17, 15) is 9.59 Å². The molecular weight excluding hydrogens is 244 g/mol. The molecule has 0 spiro atoms. The molecule has 0 aliphatic rings. The average molecular weight is 258 g/mol. The molecule has 0 saturated heterocycles. The molecule has 0 aliphatic heterocycles. The molecule has 2 N–H and O–H groups in total. The molecule has 0 bridgehead atoms. The second-order valence-corrected chi connectivity index (χ2v) is 4.29. The molecule has 0 amide bonds. The fourth-order valence-corrected chi connectivity index (χ4v) is 1.82. The van der Waals surface area contributed by atoms with Crippen LogP contribution in [0, 0.1) is 6.92 Å². The number of nitrogens with zero attached hydrogens (tertiary/aromatic N) is 1. The van der Waals surface area contributed by atoms with E-state index in [1.165, 1.54) is 6.20 Å². The number of hydrogen-bond acceptors (Lipinski definition) is 3. The average Bonchev–Trinajstić information content (AvgIpc) is 2.37. The lowest BCUT2D eigenvalue weighted by Gasteiger charge is -2.05. The van der Waals surface area contributed by atoms with Gasteiger partial charge in [0.1, 0.15) is 5.82 Å². The third-order valence-corrected chi connectivity index (χ3v) is 2.88. The predicted octanol–water partition coefficient (Wildman–Crippen LogP) is 1.76. The van der Waals surface area contributed by atoms with Crippen molar-refractivity contribution in [2.75, 3.05) is 0 Å². The van der Waals surface area contributed by atoms with E-state index in [-0.39, 0.29) is 18.4 Å². The van der Waals surface area contributed by atoms with Crippen LogP contribution in [-0.2, 0) is 11.2 Å². The van der Waals surface area contributed by atoms with Crippen LogP contribution in [0.1, 0.15) is 17.5 Å². The number of aliphatic carboxylic acids is 1. The predicted molar refractivity (Wildman–Crippen MR) is 71.0 cm³/mol. The van der Waals surface area contributed by atoms with Gasteiger partial charge in [-0.15, -0.1) is 0 Å². The number of aromatic amines is 1. The monoisotopic (exact) mass is 258 g/mol. The van der Waals surface area contributed by atoms with Crippen LogP contribution in [0.15, 0.2) is 35.3 Å². The first kappa shape index (κ1) is 13.0. The van der Waals surface area contributed by atoms with Gasteiger partial charge in [-0.1, -0.05) is 24.3 Å². The van der Waals surface area contributed by atoms with Crippen molar-refractivity contribution in [1.82, 2.24) is 9.97 Å². The standard InChI is InChI=1S/C14H14N2O3/c1-9-4-2-3-5-11(9)13-15-8-10(14(19)16-13)6-7-12(17)18/h2-5,8H,6-7H2,1H3,(H,17,18)(H,15,16,19). The fourth-order valence-electron chi connectivity index (χ4n) is 1.82. The second-order valence-electron chi connectivity index (χ2n) is 4.29. The Balaban J connectivity index is 2.32. The van der Waals surface area contributed by atoms with Crippen molar-refractivity contribution in [3.8, 4) is 11.4 Å². The van der Waals surface area contributed by atoms with E-state index in [2.05, 4.69) is 9.97 Å². The van der Waals surface area contributed by atoms with Gasteiger partial charge in [-0.2, -0.15) is 0 Å². The number of benzene rings is 1. The summed E-state index contributed by atoms with van der Waals surface area (Å²) in [5.74, 6) is -0.426. The van der Waals surface area contributed by atoms with Crippen molar-refractivity contribution in [3.05, 3.63) is 51.9 Å². The third kappa shape index (κ3) is 3.07. The van der Waals surface area contributed by atoms with Gasteiger partial charge in [0.15, 0.2) is 0 Å². The van der Waals surface area contributed by atoms with E-state index < -0.39 is 5.97 Å². The number of carbonyl (C=O) groups is 1. The van der Waals surface area contributed by atoms with Crippen LogP contribution >= 0.6 is 0 Å². The molecule has 2 rings (SSSR count). The Morgan fingerprint density at radius 1 is 1.37 bits per heavy atom. The molecule has 0 fully saturated rings. The van der Waals surface area contributed by atoms with Crippen molar-refractivity contribution in [1.29, 1.82) is 0 Å². The summed E-state index contributed by atoms with van der Waals surface area (Å²) in [7, 11) is 0. The van der Waals surface area contributed by atoms with Crippen molar-refractivity contribution < 1.29 is 9.90 Å². The van der Waals surface area contributed by atoms with Crippen molar-refractivity contribution in [2.24, 2.45) is 0 Å². The minimum Gasteiger partial charge on any atom is -0.481 e. The Bertz CT molecular complexity index is 662. The minimum atomic E-state index is -0.928. The maximum atomic E-state index is 11.8. The number of aromatic nitrogens is 2. The summed E-state index contributed by atoms with van der Waals surface area (Å²) >= 11 is 0. The first-order valence-electron chi connectivity index (χ1n) is 5.94. The van der Waals surface area contributed by atoms with Crippen LogP contribution in [0.4, 0.5) is 0 Å². The number of rotatable bonds is 4. The summed E-state index contributed by atoms with van der Waals surface area (Å²) in [4.78, 5) is 29.2. The molecule has 19 heavy (non-hydrogen) atoms. The quantitative estimate of drug-likeness (QED) is 0.875. The lowest BCUT2D eigenvalue weighted by atomic mass is 10.1. The number of hydrogen-bond donors (Lipinski definition) is 2. The maximum Gasteiger partial charge on any atom is 0.303 e. The molecule has 1 aromatic heterocycles. The highest BCUT2D eigenvalue weighted by atomic mass is 16.4. The summed E-state index contributed by atoms with van der Waals surface area (Å²) < 4.78 is 0. The summed E-state index contributed by atoms with van der Waals surface area (Å²) in [6, 6.07) is 7.61. The third-order valence-electron chi connectivity index (χ3n) is 2.88. The molecule has 0 aliphatic carbocycles. The summed E-state index contributed by atoms with van der Waals surface area (Å²) in [5, 5.41) is 8.60. The van der Waals surface area contributed by atoms with Gasteiger partial charge in [0, 0.05) is 23.7 Å². The van der Waals surface area contributed by atoms with E-state index in [4.69, 9.17) is 5.11 Å². The van der Waals surface area contributed by atoms with Crippen molar-refractivity contribution in [2.45, 2.75) is 19.8 Å². The molecule has 1 aromatic carbocycles. The highest BCUT2D eigenvalue weighted by Crippen LogP contribution is 2.17. The molecule has 98 valence electrons. The van der Waals surface area contributed by atoms with E-state index in [0.29, 0.717) is 11.4 Å². The molecule has 0 unspecified atom stereocenters. The smallest absolute Gasteiger partial charge is 0.303 e. The molecule has 5 heteroatoms. The number of aryl methyl sites for hydroxylation is 2. The Labute approximate surface area is 110 Å². The Hall–Kier alpha value is -2.43. The molecule has 0 atom stereocenters. The van der Waals surface area contributed by atoms with E-state index >= 15 is 0 Å². The van der Waals surface area contributed by atoms with Gasteiger partial charge in [0.2, 0.25) is 0 Å². The van der Waals surface area contributed by atoms with Crippen LogP contribution in [0.25, 0.3) is 11.4 Å². The number of nitrogens with one attached hydrogen (secondary N) is 1. The Morgan fingerprint density at radius 2 is 2.11 bits per heavy atom. The van der Waals surface area contributed by atoms with Crippen LogP contribution in [0.3, 0.4) is 0 Å². The van der Waals surface area contributed by atoms with Gasteiger partial charge < -0.3 is 10.1 Å². The topological polar surface area (TPSA) is 83.0 Å². The minimum absolute atomic E-state index is 0.0749. The zero-order valence-electron chi connectivity index (χ0n) is 10.5. The van der Waals surface area contributed by atoms with Gasteiger partial charge in [-0.3, -0.25) is 9.59 Å². The molecular formula is C14H14N2O3. The van der Waals surface area contributed by atoms with Crippen LogP contribution < -0.4 is 5.56 Å². The molecule has 5 nitrogen and oxygen atoms in total. The van der Waals surface area contributed by atoms with E-state index in [0.717, 1.165) is 11.1 Å². The fraction of sp³-hybridized carbons (Fsp3) is 0.214. The highest BCUT2D eigenvalue weighted by molar-refractivity contribution is 5.67. The zero-order valence-corrected chi connectivity index (χ0v) is 10.5. The molecule has 0 saturated carbocycles. The van der Waals surface area contributed by atoms with Gasteiger partial charge >= 0.3 is 5.97 Å². The van der Waals surface area contributed by atoms with Crippen LogP contribution in [0.5, 0.6) is 0 Å². The Kier molecular flexibility index (Phi) is 3.75. The maximum absolute atomic E-state index is 11.8. The van der Waals surface area contributed by atoms with Gasteiger partial charge in [-0.05, 0) is 18.9 Å². The first-order chi connectivity index (χ1) is 9.08. The van der Waals surface area contributed by atoms with Crippen LogP contribution in [0.2, 0.25) is 0 Å². The summed E-state index contributed by atoms with van der Waals surface area (Å²) in [6.45, 7) is 1.94. The number of carboxylic acid groups (broad SMARTS) is 1. The number of carboxylic acids is 1. The molecule has 1 heterocycles.